The van der Waals surface area contributed by atoms with Crippen LogP contribution in [0.3, 0.4) is 0 Å². The Morgan fingerprint density at radius 2 is 1.69 bits per heavy atom. The fourth-order valence-electron chi connectivity index (χ4n) is 3.63. The first kappa shape index (κ1) is 17.6. The van der Waals surface area contributed by atoms with Crippen LogP contribution >= 0.6 is 11.6 Å². The molecule has 0 saturated heterocycles. The maximum atomic E-state index is 6.11. The second kappa shape index (κ2) is 7.53. The molecule has 142 valence electrons. The number of hydrogen-bond donors (Lipinski definition) is 0. The quantitative estimate of drug-likeness (QED) is 0.419. The van der Waals surface area contributed by atoms with Crippen LogP contribution in [0.1, 0.15) is 22.7 Å². The first-order valence-electron chi connectivity index (χ1n) is 9.38. The second-order valence-corrected chi connectivity index (χ2v) is 7.38. The lowest BCUT2D eigenvalue weighted by atomic mass is 9.98. The van der Waals surface area contributed by atoms with Crippen LogP contribution in [0.5, 0.6) is 0 Å². The van der Waals surface area contributed by atoms with Crippen LogP contribution in [-0.2, 0) is 6.54 Å². The van der Waals surface area contributed by atoms with Crippen molar-refractivity contribution in [2.45, 2.75) is 12.6 Å². The number of benzene rings is 3. The predicted octanol–water partition coefficient (Wildman–Crippen LogP) is 4.97. The largest absolute Gasteiger partial charge is 0.326 e. The number of hydrogen-bond acceptors (Lipinski definition) is 3. The van der Waals surface area contributed by atoms with Crippen molar-refractivity contribution in [2.75, 3.05) is 0 Å². The van der Waals surface area contributed by atoms with Crippen LogP contribution in [0.2, 0.25) is 5.02 Å². The van der Waals surface area contributed by atoms with Crippen molar-refractivity contribution in [2.24, 2.45) is 0 Å². The van der Waals surface area contributed by atoms with E-state index in [9.17, 15) is 0 Å². The third kappa shape index (κ3) is 3.52. The van der Waals surface area contributed by atoms with Gasteiger partial charge in [-0.05, 0) is 41.0 Å². The lowest BCUT2D eigenvalue weighted by molar-refractivity contribution is 0.664. The summed E-state index contributed by atoms with van der Waals surface area (Å²) in [7, 11) is 0. The highest BCUT2D eigenvalue weighted by molar-refractivity contribution is 6.30. The van der Waals surface area contributed by atoms with Crippen molar-refractivity contribution in [1.29, 1.82) is 0 Å². The molecular weight excluding hydrogens is 382 g/mol. The van der Waals surface area contributed by atoms with Crippen LogP contribution in [0.25, 0.3) is 11.0 Å². The van der Waals surface area contributed by atoms with Gasteiger partial charge in [-0.1, -0.05) is 65.3 Å². The van der Waals surface area contributed by atoms with Gasteiger partial charge in [0.15, 0.2) is 0 Å². The Balaban J connectivity index is 1.60. The van der Waals surface area contributed by atoms with E-state index in [-0.39, 0.29) is 6.04 Å². The number of fused-ring (bicyclic) bond motifs is 1. The Hall–Kier alpha value is -3.44. The van der Waals surface area contributed by atoms with E-state index in [1.807, 2.05) is 53.6 Å². The molecule has 5 rings (SSSR count). The number of aromatic nitrogens is 5. The van der Waals surface area contributed by atoms with Crippen molar-refractivity contribution in [3.8, 4) is 0 Å². The van der Waals surface area contributed by atoms with E-state index in [2.05, 4.69) is 56.3 Å². The molecule has 0 aliphatic rings. The number of rotatable bonds is 5. The fourth-order valence-corrected chi connectivity index (χ4v) is 3.76. The Morgan fingerprint density at radius 3 is 2.45 bits per heavy atom. The Labute approximate surface area is 173 Å². The van der Waals surface area contributed by atoms with Crippen LogP contribution < -0.4 is 0 Å². The third-order valence-electron chi connectivity index (χ3n) is 5.04. The van der Waals surface area contributed by atoms with Gasteiger partial charge in [0.25, 0.3) is 0 Å². The molecule has 1 unspecified atom stereocenters. The Kier molecular flexibility index (Phi) is 4.58. The zero-order valence-corrected chi connectivity index (χ0v) is 16.3. The highest BCUT2D eigenvalue weighted by Crippen LogP contribution is 2.29. The van der Waals surface area contributed by atoms with E-state index in [4.69, 9.17) is 11.6 Å². The van der Waals surface area contributed by atoms with Crippen LogP contribution in [0.15, 0.2) is 91.5 Å². The summed E-state index contributed by atoms with van der Waals surface area (Å²) in [5, 5.41) is 9.43. The van der Waals surface area contributed by atoms with E-state index in [1.165, 1.54) is 5.56 Å². The summed E-state index contributed by atoms with van der Waals surface area (Å²) in [4.78, 5) is 4.24. The number of nitrogens with zero attached hydrogens (tertiary/aromatic N) is 5. The van der Waals surface area contributed by atoms with E-state index < -0.39 is 0 Å². The minimum atomic E-state index is -0.0146. The molecular formula is C23H18ClN5. The SMILES string of the molecule is Clc1ccc(C(c2ccc3nnn(Cc4ccccc4)c3c2)n2ccnc2)cc1. The molecule has 0 bridgehead atoms. The average Bonchev–Trinajstić information content (AvgIpc) is 3.41. The predicted molar refractivity (Wildman–Crippen MR) is 114 cm³/mol. The molecule has 6 heteroatoms. The number of imidazole rings is 1. The van der Waals surface area contributed by atoms with Gasteiger partial charge >= 0.3 is 0 Å². The summed E-state index contributed by atoms with van der Waals surface area (Å²) >= 11 is 6.11. The Bertz CT molecular complexity index is 1230. The first-order valence-corrected chi connectivity index (χ1v) is 9.76. The van der Waals surface area contributed by atoms with Gasteiger partial charge in [-0.2, -0.15) is 0 Å². The van der Waals surface area contributed by atoms with Crippen molar-refractivity contribution in [3.05, 3.63) is 113 Å². The molecule has 3 aromatic carbocycles. The third-order valence-corrected chi connectivity index (χ3v) is 5.29. The topological polar surface area (TPSA) is 48.5 Å². The van der Waals surface area contributed by atoms with Gasteiger partial charge in [0, 0.05) is 17.4 Å². The molecule has 0 aliphatic carbocycles. The van der Waals surface area contributed by atoms with Gasteiger partial charge in [-0.3, -0.25) is 0 Å². The molecule has 0 amide bonds. The molecule has 1 atom stereocenters. The summed E-state index contributed by atoms with van der Waals surface area (Å²) < 4.78 is 4.04. The zero-order valence-electron chi connectivity index (χ0n) is 15.6. The smallest absolute Gasteiger partial charge is 0.113 e. The lowest BCUT2D eigenvalue weighted by Crippen LogP contribution is -2.11. The van der Waals surface area contributed by atoms with E-state index in [1.54, 1.807) is 6.20 Å². The molecule has 2 aromatic heterocycles. The van der Waals surface area contributed by atoms with Crippen molar-refractivity contribution < 1.29 is 0 Å². The van der Waals surface area contributed by atoms with Crippen molar-refractivity contribution in [1.82, 2.24) is 24.5 Å². The lowest BCUT2D eigenvalue weighted by Gasteiger charge is -2.20. The molecule has 29 heavy (non-hydrogen) atoms. The van der Waals surface area contributed by atoms with Crippen LogP contribution in [0.4, 0.5) is 0 Å². The molecule has 0 aliphatic heterocycles. The van der Waals surface area contributed by atoms with Crippen molar-refractivity contribution in [3.63, 3.8) is 0 Å². The van der Waals surface area contributed by atoms with Gasteiger partial charge in [0.05, 0.1) is 24.4 Å². The minimum absolute atomic E-state index is 0.0146. The summed E-state index contributed by atoms with van der Waals surface area (Å²) in [6.45, 7) is 0.678. The normalized spacial score (nSPS) is 12.3. The summed E-state index contributed by atoms with van der Waals surface area (Å²) in [6, 6.07) is 24.5. The monoisotopic (exact) mass is 399 g/mol. The zero-order chi connectivity index (χ0) is 19.6. The van der Waals surface area contributed by atoms with Gasteiger partial charge in [-0.25, -0.2) is 9.67 Å². The number of halogens is 1. The van der Waals surface area contributed by atoms with E-state index >= 15 is 0 Å². The van der Waals surface area contributed by atoms with Gasteiger partial charge in [0.2, 0.25) is 0 Å². The van der Waals surface area contributed by atoms with E-state index in [0.717, 1.165) is 27.2 Å². The fraction of sp³-hybridized carbons (Fsp3) is 0.0870. The van der Waals surface area contributed by atoms with Gasteiger partial charge < -0.3 is 4.57 Å². The molecule has 0 N–H and O–H groups in total. The summed E-state index contributed by atoms with van der Waals surface area (Å²) in [5.74, 6) is 0. The molecule has 5 nitrogen and oxygen atoms in total. The van der Waals surface area contributed by atoms with Crippen LogP contribution in [-0.4, -0.2) is 24.5 Å². The van der Waals surface area contributed by atoms with Crippen LogP contribution in [0, 0.1) is 0 Å². The molecule has 0 spiro atoms. The van der Waals surface area contributed by atoms with Gasteiger partial charge in [-0.15, -0.1) is 5.10 Å². The van der Waals surface area contributed by atoms with Crippen molar-refractivity contribution >= 4 is 22.6 Å². The second-order valence-electron chi connectivity index (χ2n) is 6.94. The summed E-state index contributed by atoms with van der Waals surface area (Å²) in [6.07, 6.45) is 5.61. The highest BCUT2D eigenvalue weighted by atomic mass is 35.5. The van der Waals surface area contributed by atoms with E-state index in [0.29, 0.717) is 6.54 Å². The molecule has 2 heterocycles. The molecule has 5 aromatic rings. The summed E-state index contributed by atoms with van der Waals surface area (Å²) in [5.41, 5.74) is 5.34. The first-order chi connectivity index (χ1) is 14.3. The van der Waals surface area contributed by atoms with Gasteiger partial charge in [0.1, 0.15) is 5.52 Å². The maximum Gasteiger partial charge on any atom is 0.113 e. The minimum Gasteiger partial charge on any atom is -0.326 e. The molecule has 0 saturated carbocycles. The average molecular weight is 400 g/mol. The molecule has 0 radical (unpaired) electrons. The maximum absolute atomic E-state index is 6.11. The standard InChI is InChI=1S/C23H18ClN5/c24-20-9-6-18(7-10-20)23(28-13-12-25-16-28)19-8-11-21-22(14-19)29(27-26-21)15-17-4-2-1-3-5-17/h1-14,16,23H,15H2. The highest BCUT2D eigenvalue weighted by Gasteiger charge is 2.18. The molecule has 0 fully saturated rings. The Morgan fingerprint density at radius 1 is 0.897 bits per heavy atom.